The van der Waals surface area contributed by atoms with Crippen LogP contribution in [0.5, 0.6) is 5.75 Å². The molecule has 0 spiro atoms. The van der Waals surface area contributed by atoms with E-state index in [0.29, 0.717) is 34.1 Å². The van der Waals surface area contributed by atoms with Crippen LogP contribution in [0.3, 0.4) is 0 Å². The van der Waals surface area contributed by atoms with Gasteiger partial charge in [0.05, 0.1) is 20.8 Å². The molecule has 0 bridgehead atoms. The van der Waals surface area contributed by atoms with Gasteiger partial charge in [-0.3, -0.25) is 4.79 Å². The van der Waals surface area contributed by atoms with Crippen molar-refractivity contribution in [2.75, 3.05) is 33.5 Å². The van der Waals surface area contributed by atoms with E-state index in [1.807, 2.05) is 31.3 Å². The molecule has 1 amide bonds. The Balaban J connectivity index is 2.31. The number of amides is 1. The minimum atomic E-state index is -0.495. The summed E-state index contributed by atoms with van der Waals surface area (Å²) in [5.74, 6) is 0.0374. The molecule has 2 aromatic rings. The first-order valence-electron chi connectivity index (χ1n) is 8.65. The molecular formula is C19H26N3O4S+. The van der Waals surface area contributed by atoms with Crippen molar-refractivity contribution in [1.82, 2.24) is 5.32 Å². The van der Waals surface area contributed by atoms with E-state index >= 15 is 0 Å². The minimum absolute atomic E-state index is 0.245. The van der Waals surface area contributed by atoms with E-state index in [2.05, 4.69) is 5.32 Å². The lowest BCUT2D eigenvalue weighted by Gasteiger charge is -2.16. The van der Waals surface area contributed by atoms with Crippen LogP contribution >= 0.6 is 11.3 Å². The topological polar surface area (TPSA) is 95.1 Å². The van der Waals surface area contributed by atoms with Crippen LogP contribution in [0, 0.1) is 0 Å². The van der Waals surface area contributed by atoms with Crippen molar-refractivity contribution in [3.05, 3.63) is 45.8 Å². The van der Waals surface area contributed by atoms with E-state index in [1.54, 1.807) is 21.1 Å². The second-order valence-corrected chi connectivity index (χ2v) is 7.16. The van der Waals surface area contributed by atoms with E-state index in [4.69, 9.17) is 15.2 Å². The fourth-order valence-corrected chi connectivity index (χ4v) is 3.89. The fourth-order valence-electron chi connectivity index (χ4n) is 2.87. The highest BCUT2D eigenvalue weighted by molar-refractivity contribution is 7.18. The Morgan fingerprint density at radius 2 is 2.04 bits per heavy atom. The molecule has 0 radical (unpaired) electrons. The van der Waals surface area contributed by atoms with Gasteiger partial charge in [-0.2, -0.15) is 0 Å². The molecule has 0 aliphatic carbocycles. The number of carbonyl (C=O) groups excluding carboxylic acids is 2. The Labute approximate surface area is 163 Å². The number of methoxy groups -OCH3 is 1. The monoisotopic (exact) mass is 392 g/mol. The molecule has 7 nitrogen and oxygen atoms in total. The number of hydrogen-bond donors (Lipinski definition) is 3. The molecular weight excluding hydrogens is 366 g/mol. The number of esters is 1. The summed E-state index contributed by atoms with van der Waals surface area (Å²) in [6.07, 6.45) is 0. The molecule has 4 N–H and O–H groups in total. The zero-order valence-corrected chi connectivity index (χ0v) is 16.9. The van der Waals surface area contributed by atoms with Crippen LogP contribution in [-0.4, -0.2) is 39.7 Å². The highest BCUT2D eigenvalue weighted by Crippen LogP contribution is 2.31. The first kappa shape index (κ1) is 20.7. The molecule has 2 rings (SSSR count). The lowest BCUT2D eigenvalue weighted by molar-refractivity contribution is -0.907. The molecule has 1 atom stereocenters. The van der Waals surface area contributed by atoms with E-state index in [9.17, 15) is 9.59 Å². The van der Waals surface area contributed by atoms with Gasteiger partial charge in [0, 0.05) is 18.2 Å². The maximum atomic E-state index is 12.4. The average molecular weight is 393 g/mol. The number of ether oxygens (including phenoxy) is 2. The number of anilines is 1. The second-order valence-electron chi connectivity index (χ2n) is 6.11. The van der Waals surface area contributed by atoms with E-state index in [0.717, 1.165) is 27.5 Å². The molecule has 146 valence electrons. The Morgan fingerprint density at radius 1 is 1.30 bits per heavy atom. The molecule has 0 aliphatic heterocycles. The first-order chi connectivity index (χ1) is 12.9. The van der Waals surface area contributed by atoms with Crippen LogP contribution < -0.4 is 20.7 Å². The highest BCUT2D eigenvalue weighted by atomic mass is 32.1. The predicted molar refractivity (Wildman–Crippen MR) is 105 cm³/mol. The predicted octanol–water partition coefficient (Wildman–Crippen LogP) is 1.09. The van der Waals surface area contributed by atoms with Crippen molar-refractivity contribution in [1.29, 1.82) is 0 Å². The third-order valence-electron chi connectivity index (χ3n) is 4.07. The number of benzene rings is 1. The molecule has 1 heterocycles. The quantitative estimate of drug-likeness (QED) is 0.585. The summed E-state index contributed by atoms with van der Waals surface area (Å²) in [4.78, 5) is 26.2. The van der Waals surface area contributed by atoms with Crippen LogP contribution in [-0.2, 0) is 17.8 Å². The maximum absolute atomic E-state index is 12.4. The first-order valence-corrected chi connectivity index (χ1v) is 9.47. The van der Waals surface area contributed by atoms with Crippen LogP contribution in [0.1, 0.15) is 38.1 Å². The van der Waals surface area contributed by atoms with Crippen molar-refractivity contribution in [3.63, 3.8) is 0 Å². The van der Waals surface area contributed by atoms with Crippen molar-refractivity contribution < 1.29 is 24.0 Å². The summed E-state index contributed by atoms with van der Waals surface area (Å²) < 4.78 is 10.4. The summed E-state index contributed by atoms with van der Waals surface area (Å²) in [5.41, 5.74) is 8.05. The largest absolute Gasteiger partial charge is 0.497 e. The number of carbonyl (C=O) groups is 2. The van der Waals surface area contributed by atoms with Crippen LogP contribution in [0.2, 0.25) is 0 Å². The zero-order chi connectivity index (χ0) is 20.0. The van der Waals surface area contributed by atoms with Gasteiger partial charge in [0.2, 0.25) is 0 Å². The normalized spacial score (nSPS) is 11.7. The summed E-state index contributed by atoms with van der Waals surface area (Å²) in [7, 11) is 5.18. The van der Waals surface area contributed by atoms with Gasteiger partial charge in [-0.25, -0.2) is 4.79 Å². The number of nitrogen functional groups attached to an aromatic ring is 1. The van der Waals surface area contributed by atoms with Gasteiger partial charge in [-0.05, 0) is 19.1 Å². The number of nitrogens with two attached hydrogens (primary N) is 1. The maximum Gasteiger partial charge on any atom is 0.341 e. The van der Waals surface area contributed by atoms with E-state index < -0.39 is 5.97 Å². The van der Waals surface area contributed by atoms with Gasteiger partial charge < -0.3 is 25.4 Å². The SMILES string of the molecule is CCOC(=O)c1c(N)sc(C(=O)NC)c1C[NH+](C)Cc1cccc(OC)c1. The lowest BCUT2D eigenvalue weighted by atomic mass is 10.1. The summed E-state index contributed by atoms with van der Waals surface area (Å²) >= 11 is 1.11. The average Bonchev–Trinajstić information content (AvgIpc) is 2.97. The summed E-state index contributed by atoms with van der Waals surface area (Å²) in [6.45, 7) is 3.14. The third kappa shape index (κ3) is 4.99. The van der Waals surface area contributed by atoms with Gasteiger partial charge in [0.25, 0.3) is 5.91 Å². The molecule has 1 aromatic carbocycles. The number of hydrogen-bond acceptors (Lipinski definition) is 6. The molecule has 8 heteroatoms. The Kier molecular flexibility index (Phi) is 7.20. The molecule has 0 fully saturated rings. The second kappa shape index (κ2) is 9.38. The van der Waals surface area contributed by atoms with Crippen LogP contribution in [0.4, 0.5) is 5.00 Å². The smallest absolute Gasteiger partial charge is 0.341 e. The minimum Gasteiger partial charge on any atom is -0.497 e. The molecule has 0 aliphatic rings. The third-order valence-corrected chi connectivity index (χ3v) is 5.13. The number of nitrogens with one attached hydrogen (secondary N) is 2. The van der Waals surface area contributed by atoms with Gasteiger partial charge in [0.1, 0.15) is 34.3 Å². The van der Waals surface area contributed by atoms with Gasteiger partial charge in [0.15, 0.2) is 0 Å². The van der Waals surface area contributed by atoms with Crippen LogP contribution in [0.15, 0.2) is 24.3 Å². The van der Waals surface area contributed by atoms with Crippen molar-refractivity contribution in [2.45, 2.75) is 20.0 Å². The van der Waals surface area contributed by atoms with Gasteiger partial charge in [-0.1, -0.05) is 12.1 Å². The highest BCUT2D eigenvalue weighted by Gasteiger charge is 2.28. The van der Waals surface area contributed by atoms with Gasteiger partial charge in [-0.15, -0.1) is 11.3 Å². The Bertz CT molecular complexity index is 819. The van der Waals surface area contributed by atoms with E-state index in [-0.39, 0.29) is 12.5 Å². The Hall–Kier alpha value is -2.58. The van der Waals surface area contributed by atoms with Crippen molar-refractivity contribution in [3.8, 4) is 5.75 Å². The summed E-state index contributed by atoms with van der Waals surface area (Å²) in [6, 6.07) is 7.81. The number of thiophene rings is 1. The zero-order valence-electron chi connectivity index (χ0n) is 16.0. The molecule has 27 heavy (non-hydrogen) atoms. The van der Waals surface area contributed by atoms with E-state index in [1.165, 1.54) is 0 Å². The van der Waals surface area contributed by atoms with Crippen molar-refractivity contribution >= 4 is 28.2 Å². The molecule has 1 unspecified atom stereocenters. The molecule has 0 saturated carbocycles. The summed E-state index contributed by atoms with van der Waals surface area (Å²) in [5, 5.41) is 2.91. The van der Waals surface area contributed by atoms with Crippen molar-refractivity contribution in [2.24, 2.45) is 0 Å². The molecule has 1 aromatic heterocycles. The standard InChI is InChI=1S/C19H25N3O4S/c1-5-26-19(24)15-14(16(18(23)21-2)27-17(15)20)11-22(3)10-12-7-6-8-13(9-12)25-4/h6-9H,5,10-11,20H2,1-4H3,(H,21,23)/p+1. The molecule has 0 saturated heterocycles. The Morgan fingerprint density at radius 3 is 2.67 bits per heavy atom. The number of quaternary nitrogens is 1. The lowest BCUT2D eigenvalue weighted by Crippen LogP contribution is -3.06. The number of rotatable bonds is 8. The van der Waals surface area contributed by atoms with Gasteiger partial charge >= 0.3 is 5.97 Å². The van der Waals surface area contributed by atoms with Crippen LogP contribution in [0.25, 0.3) is 0 Å². The fraction of sp³-hybridized carbons (Fsp3) is 0.368.